The van der Waals surface area contributed by atoms with Gasteiger partial charge in [0.25, 0.3) is 0 Å². The molecule has 4 heteroatoms. The van der Waals surface area contributed by atoms with Crippen LogP contribution in [-0.4, -0.2) is 18.9 Å². The molecule has 2 amide bonds. The van der Waals surface area contributed by atoms with Gasteiger partial charge in [-0.1, -0.05) is 18.2 Å². The van der Waals surface area contributed by atoms with E-state index in [1.54, 1.807) is 11.9 Å². The lowest BCUT2D eigenvalue weighted by molar-refractivity contribution is -0.116. The molecular formula is C21H24N2O2. The summed E-state index contributed by atoms with van der Waals surface area (Å²) in [5.74, 6) is -0.0485. The van der Waals surface area contributed by atoms with Gasteiger partial charge in [0, 0.05) is 25.3 Å². The molecule has 0 atom stereocenters. The number of nitrogens with zero attached hydrogens (tertiary/aromatic N) is 1. The third kappa shape index (κ3) is 4.27. The highest BCUT2D eigenvalue weighted by molar-refractivity contribution is 5.94. The minimum absolute atomic E-state index is 0.0239. The van der Waals surface area contributed by atoms with Crippen LogP contribution in [0.15, 0.2) is 42.5 Å². The maximum atomic E-state index is 12.3. The number of aryl methyl sites for hydroxylation is 2. The molecule has 0 aliphatic heterocycles. The third-order valence-corrected chi connectivity index (χ3v) is 4.79. The van der Waals surface area contributed by atoms with Crippen molar-refractivity contribution >= 4 is 23.2 Å². The summed E-state index contributed by atoms with van der Waals surface area (Å²) < 4.78 is 0. The second kappa shape index (κ2) is 7.51. The molecule has 0 heterocycles. The van der Waals surface area contributed by atoms with Crippen LogP contribution in [0.2, 0.25) is 0 Å². The summed E-state index contributed by atoms with van der Waals surface area (Å²) in [7, 11) is 1.73. The van der Waals surface area contributed by atoms with E-state index in [0.29, 0.717) is 6.42 Å². The molecule has 130 valence electrons. The molecule has 0 bridgehead atoms. The molecule has 1 N–H and O–H groups in total. The van der Waals surface area contributed by atoms with Gasteiger partial charge in [0.15, 0.2) is 0 Å². The average molecular weight is 336 g/mol. The van der Waals surface area contributed by atoms with Gasteiger partial charge in [0.2, 0.25) is 11.8 Å². The summed E-state index contributed by atoms with van der Waals surface area (Å²) in [6, 6.07) is 13.7. The van der Waals surface area contributed by atoms with Crippen molar-refractivity contribution < 1.29 is 9.59 Å². The van der Waals surface area contributed by atoms with Gasteiger partial charge >= 0.3 is 0 Å². The van der Waals surface area contributed by atoms with Gasteiger partial charge in [-0.2, -0.15) is 0 Å². The van der Waals surface area contributed by atoms with E-state index in [4.69, 9.17) is 0 Å². The van der Waals surface area contributed by atoms with Crippen LogP contribution in [0.3, 0.4) is 0 Å². The molecule has 25 heavy (non-hydrogen) atoms. The van der Waals surface area contributed by atoms with Gasteiger partial charge in [-0.05, 0) is 66.6 Å². The van der Waals surface area contributed by atoms with Crippen molar-refractivity contribution in [3.63, 3.8) is 0 Å². The highest BCUT2D eigenvalue weighted by Gasteiger charge is 2.11. The van der Waals surface area contributed by atoms with E-state index < -0.39 is 0 Å². The van der Waals surface area contributed by atoms with Crippen molar-refractivity contribution in [2.75, 3.05) is 17.3 Å². The second-order valence-corrected chi connectivity index (χ2v) is 6.66. The number of carbonyl (C=O) groups excluding carboxylic acids is 2. The van der Waals surface area contributed by atoms with Gasteiger partial charge in [0.05, 0.1) is 6.42 Å². The van der Waals surface area contributed by atoms with Crippen molar-refractivity contribution in [1.29, 1.82) is 0 Å². The predicted molar refractivity (Wildman–Crippen MR) is 101 cm³/mol. The Balaban J connectivity index is 1.62. The van der Waals surface area contributed by atoms with Gasteiger partial charge in [0.1, 0.15) is 0 Å². The van der Waals surface area contributed by atoms with Crippen LogP contribution in [0.4, 0.5) is 11.4 Å². The number of rotatable bonds is 4. The Morgan fingerprint density at radius 1 is 1.00 bits per heavy atom. The van der Waals surface area contributed by atoms with E-state index in [1.807, 2.05) is 24.3 Å². The number of hydrogen-bond donors (Lipinski definition) is 1. The van der Waals surface area contributed by atoms with Crippen LogP contribution in [0.5, 0.6) is 0 Å². The van der Waals surface area contributed by atoms with Crippen molar-refractivity contribution in [2.24, 2.45) is 0 Å². The SMILES string of the molecule is CC(=O)N(C)c1ccc(NC(=O)Cc2ccc3c(c2)CCCC3)cc1. The van der Waals surface area contributed by atoms with E-state index in [0.717, 1.165) is 29.8 Å². The highest BCUT2D eigenvalue weighted by atomic mass is 16.2. The average Bonchev–Trinajstić information content (AvgIpc) is 2.61. The minimum atomic E-state index is -0.0246. The van der Waals surface area contributed by atoms with Crippen LogP contribution >= 0.6 is 0 Å². The molecule has 0 aromatic heterocycles. The van der Waals surface area contributed by atoms with E-state index >= 15 is 0 Å². The smallest absolute Gasteiger partial charge is 0.228 e. The zero-order chi connectivity index (χ0) is 17.8. The number of nitrogens with one attached hydrogen (secondary N) is 1. The molecule has 2 aromatic carbocycles. The normalized spacial score (nSPS) is 13.0. The molecule has 0 saturated carbocycles. The monoisotopic (exact) mass is 336 g/mol. The molecule has 0 fully saturated rings. The van der Waals surface area contributed by atoms with Crippen LogP contribution < -0.4 is 10.2 Å². The largest absolute Gasteiger partial charge is 0.326 e. The lowest BCUT2D eigenvalue weighted by Crippen LogP contribution is -2.22. The first-order chi connectivity index (χ1) is 12.0. The molecule has 1 aliphatic carbocycles. The number of carbonyl (C=O) groups is 2. The van der Waals surface area contributed by atoms with Gasteiger partial charge in [-0.3, -0.25) is 9.59 Å². The molecule has 3 rings (SSSR count). The minimum Gasteiger partial charge on any atom is -0.326 e. The van der Waals surface area contributed by atoms with Gasteiger partial charge in [-0.15, -0.1) is 0 Å². The van der Waals surface area contributed by atoms with Crippen LogP contribution in [-0.2, 0) is 28.9 Å². The molecule has 0 unspecified atom stereocenters. The maximum absolute atomic E-state index is 12.3. The van der Waals surface area contributed by atoms with Crippen molar-refractivity contribution in [3.05, 3.63) is 59.2 Å². The Labute approximate surface area is 148 Å². The quantitative estimate of drug-likeness (QED) is 0.925. The lowest BCUT2D eigenvalue weighted by atomic mass is 9.90. The summed E-state index contributed by atoms with van der Waals surface area (Å²) in [6.45, 7) is 1.52. The zero-order valence-electron chi connectivity index (χ0n) is 14.8. The highest BCUT2D eigenvalue weighted by Crippen LogP contribution is 2.23. The Kier molecular flexibility index (Phi) is 5.17. The number of fused-ring (bicyclic) bond motifs is 1. The number of hydrogen-bond acceptors (Lipinski definition) is 2. The first-order valence-corrected chi connectivity index (χ1v) is 8.78. The fourth-order valence-electron chi connectivity index (χ4n) is 3.24. The molecular weight excluding hydrogens is 312 g/mol. The van der Waals surface area contributed by atoms with Crippen LogP contribution in [0.25, 0.3) is 0 Å². The molecule has 0 radical (unpaired) electrons. The van der Waals surface area contributed by atoms with Crippen LogP contribution in [0, 0.1) is 0 Å². The van der Waals surface area contributed by atoms with Crippen LogP contribution in [0.1, 0.15) is 36.5 Å². The zero-order valence-corrected chi connectivity index (χ0v) is 14.8. The standard InChI is InChI=1S/C21H24N2O2/c1-15(24)23(2)20-11-9-19(10-12-20)22-21(25)14-16-7-8-17-5-3-4-6-18(17)13-16/h7-13H,3-6,14H2,1-2H3,(H,22,25). The molecule has 2 aromatic rings. The fourth-order valence-corrected chi connectivity index (χ4v) is 3.24. The molecule has 0 spiro atoms. The van der Waals surface area contributed by atoms with Crippen molar-refractivity contribution in [1.82, 2.24) is 0 Å². The molecule has 0 saturated heterocycles. The third-order valence-electron chi connectivity index (χ3n) is 4.79. The maximum Gasteiger partial charge on any atom is 0.228 e. The Morgan fingerprint density at radius 2 is 1.68 bits per heavy atom. The summed E-state index contributed by atoms with van der Waals surface area (Å²) in [5, 5.41) is 2.92. The second-order valence-electron chi connectivity index (χ2n) is 6.66. The first kappa shape index (κ1) is 17.2. The number of anilines is 2. The van der Waals surface area contributed by atoms with Crippen molar-refractivity contribution in [2.45, 2.75) is 39.0 Å². The van der Waals surface area contributed by atoms with E-state index in [-0.39, 0.29) is 11.8 Å². The fraction of sp³-hybridized carbons (Fsp3) is 0.333. The molecule has 1 aliphatic rings. The Morgan fingerprint density at radius 3 is 2.36 bits per heavy atom. The van der Waals surface area contributed by atoms with E-state index in [1.165, 1.54) is 30.9 Å². The summed E-state index contributed by atoms with van der Waals surface area (Å²) in [5.41, 5.74) is 5.43. The Hall–Kier alpha value is -2.62. The van der Waals surface area contributed by atoms with E-state index in [2.05, 4.69) is 23.5 Å². The predicted octanol–water partition coefficient (Wildman–Crippen LogP) is 3.73. The number of benzene rings is 2. The molecule has 4 nitrogen and oxygen atoms in total. The summed E-state index contributed by atoms with van der Waals surface area (Å²) in [4.78, 5) is 25.2. The van der Waals surface area contributed by atoms with Gasteiger partial charge in [-0.25, -0.2) is 0 Å². The van der Waals surface area contributed by atoms with E-state index in [9.17, 15) is 9.59 Å². The summed E-state index contributed by atoms with van der Waals surface area (Å²) >= 11 is 0. The van der Waals surface area contributed by atoms with Gasteiger partial charge < -0.3 is 10.2 Å². The first-order valence-electron chi connectivity index (χ1n) is 8.78. The number of amides is 2. The topological polar surface area (TPSA) is 49.4 Å². The summed E-state index contributed by atoms with van der Waals surface area (Å²) in [6.07, 6.45) is 5.16. The Bertz CT molecular complexity index is 781. The van der Waals surface area contributed by atoms with Crippen molar-refractivity contribution in [3.8, 4) is 0 Å². The lowest BCUT2D eigenvalue weighted by Gasteiger charge is -2.17.